The third-order valence-corrected chi connectivity index (χ3v) is 5.40. The lowest BCUT2D eigenvalue weighted by Crippen LogP contribution is -2.17. The number of ether oxygens (including phenoxy) is 3. The first-order valence-corrected chi connectivity index (χ1v) is 9.96. The Bertz CT molecular complexity index is 879. The number of hydrogen-bond donors (Lipinski definition) is 2. The number of rotatable bonds is 9. The Labute approximate surface area is 169 Å². The van der Waals surface area contributed by atoms with Crippen LogP contribution in [0.2, 0.25) is 0 Å². The van der Waals surface area contributed by atoms with Crippen molar-refractivity contribution in [3.05, 3.63) is 29.1 Å². The predicted molar refractivity (Wildman–Crippen MR) is 108 cm³/mol. The highest BCUT2D eigenvalue weighted by Gasteiger charge is 2.24. The van der Waals surface area contributed by atoms with E-state index < -0.39 is 17.8 Å². The van der Waals surface area contributed by atoms with Crippen LogP contribution in [0, 0.1) is 0 Å². The molecule has 0 unspecified atom stereocenters. The molecule has 10 heteroatoms. The van der Waals surface area contributed by atoms with E-state index in [1.165, 1.54) is 32.7 Å². The van der Waals surface area contributed by atoms with Crippen molar-refractivity contribution in [1.29, 1.82) is 0 Å². The van der Waals surface area contributed by atoms with Crippen molar-refractivity contribution in [3.8, 4) is 22.6 Å². The molecule has 2 N–H and O–H groups in total. The SMILES string of the molecule is COC(=O)c1c(-c2ccc(OC)cc2OC)csc1NC(=O)CSCC(=O)O. The van der Waals surface area contributed by atoms with Gasteiger partial charge in [0.2, 0.25) is 5.91 Å². The highest BCUT2D eigenvalue weighted by molar-refractivity contribution is 8.00. The average Bonchev–Trinajstić information content (AvgIpc) is 3.09. The zero-order chi connectivity index (χ0) is 20.7. The van der Waals surface area contributed by atoms with Gasteiger partial charge in [-0.3, -0.25) is 9.59 Å². The van der Waals surface area contributed by atoms with Crippen LogP contribution in [0.3, 0.4) is 0 Å². The molecule has 0 fully saturated rings. The number of nitrogens with one attached hydrogen (secondary N) is 1. The molecule has 0 saturated carbocycles. The van der Waals surface area contributed by atoms with E-state index in [1.54, 1.807) is 23.6 Å². The molecule has 2 rings (SSSR count). The Hall–Kier alpha value is -2.72. The van der Waals surface area contributed by atoms with Gasteiger partial charge in [0.05, 0.1) is 32.8 Å². The van der Waals surface area contributed by atoms with E-state index in [2.05, 4.69) is 5.32 Å². The lowest BCUT2D eigenvalue weighted by Gasteiger charge is -2.12. The maximum atomic E-state index is 12.4. The van der Waals surface area contributed by atoms with Crippen molar-refractivity contribution in [2.45, 2.75) is 0 Å². The fraction of sp³-hybridized carbons (Fsp3) is 0.278. The summed E-state index contributed by atoms with van der Waals surface area (Å²) in [7, 11) is 4.29. The second-order valence-corrected chi connectivity index (χ2v) is 7.21. The molecule has 0 aliphatic rings. The van der Waals surface area contributed by atoms with Crippen LogP contribution in [0.5, 0.6) is 11.5 Å². The Morgan fingerprint density at radius 3 is 2.46 bits per heavy atom. The number of methoxy groups -OCH3 is 3. The first-order valence-electron chi connectivity index (χ1n) is 7.92. The molecule has 0 atom stereocenters. The van der Waals surface area contributed by atoms with Gasteiger partial charge in [-0.2, -0.15) is 0 Å². The standard InChI is InChI=1S/C18H19NO7S2/c1-24-10-4-5-11(13(6-10)25-2)12-7-28-17(16(12)18(23)26-3)19-14(20)8-27-9-15(21)22/h4-7H,8-9H2,1-3H3,(H,19,20)(H,21,22). The molecular weight excluding hydrogens is 406 g/mol. The highest BCUT2D eigenvalue weighted by atomic mass is 32.2. The van der Waals surface area contributed by atoms with Gasteiger partial charge in [-0.15, -0.1) is 23.1 Å². The summed E-state index contributed by atoms with van der Waals surface area (Å²) in [6.07, 6.45) is 0. The monoisotopic (exact) mass is 425 g/mol. The van der Waals surface area contributed by atoms with E-state index >= 15 is 0 Å². The largest absolute Gasteiger partial charge is 0.497 e. The number of carboxylic acid groups (broad SMARTS) is 1. The second-order valence-electron chi connectivity index (χ2n) is 5.35. The Morgan fingerprint density at radius 1 is 1.11 bits per heavy atom. The molecule has 1 aromatic carbocycles. The van der Waals surface area contributed by atoms with Gasteiger partial charge in [0, 0.05) is 22.6 Å². The van der Waals surface area contributed by atoms with Gasteiger partial charge in [-0.05, 0) is 12.1 Å². The molecule has 0 bridgehead atoms. The summed E-state index contributed by atoms with van der Waals surface area (Å²) < 4.78 is 15.5. The number of benzene rings is 1. The van der Waals surface area contributed by atoms with Gasteiger partial charge in [0.15, 0.2) is 0 Å². The van der Waals surface area contributed by atoms with E-state index in [0.717, 1.165) is 11.8 Å². The minimum absolute atomic E-state index is 0.0496. The van der Waals surface area contributed by atoms with Crippen LogP contribution in [0.1, 0.15) is 10.4 Å². The summed E-state index contributed by atoms with van der Waals surface area (Å²) in [5, 5.41) is 13.3. The summed E-state index contributed by atoms with van der Waals surface area (Å²) in [6, 6.07) is 5.17. The van der Waals surface area contributed by atoms with Gasteiger partial charge >= 0.3 is 11.9 Å². The van der Waals surface area contributed by atoms with Crippen molar-refractivity contribution in [2.75, 3.05) is 38.2 Å². The van der Waals surface area contributed by atoms with E-state index in [0.29, 0.717) is 27.6 Å². The van der Waals surface area contributed by atoms with Crippen LogP contribution in [-0.4, -0.2) is 55.8 Å². The van der Waals surface area contributed by atoms with Crippen molar-refractivity contribution < 1.29 is 33.7 Å². The Balaban J connectivity index is 2.36. The zero-order valence-electron chi connectivity index (χ0n) is 15.4. The molecule has 0 spiro atoms. The molecule has 0 aliphatic carbocycles. The molecule has 28 heavy (non-hydrogen) atoms. The van der Waals surface area contributed by atoms with Crippen molar-refractivity contribution in [3.63, 3.8) is 0 Å². The minimum Gasteiger partial charge on any atom is -0.497 e. The third kappa shape index (κ3) is 5.17. The number of aliphatic carboxylic acids is 1. The molecule has 2 aromatic rings. The number of thiophene rings is 1. The fourth-order valence-corrected chi connectivity index (χ4v) is 3.87. The summed E-state index contributed by atoms with van der Waals surface area (Å²) in [4.78, 5) is 35.0. The molecule has 0 aliphatic heterocycles. The van der Waals surface area contributed by atoms with Crippen molar-refractivity contribution in [1.82, 2.24) is 0 Å². The molecule has 0 saturated heterocycles. The topological polar surface area (TPSA) is 111 Å². The molecule has 1 amide bonds. The van der Waals surface area contributed by atoms with Gasteiger partial charge in [0.1, 0.15) is 22.1 Å². The van der Waals surface area contributed by atoms with Gasteiger partial charge in [-0.1, -0.05) is 0 Å². The smallest absolute Gasteiger partial charge is 0.341 e. The number of amides is 1. The summed E-state index contributed by atoms with van der Waals surface area (Å²) in [5.74, 6) is -1.16. The molecular formula is C18H19NO7S2. The number of esters is 1. The number of anilines is 1. The van der Waals surface area contributed by atoms with E-state index in [9.17, 15) is 14.4 Å². The number of carbonyl (C=O) groups excluding carboxylic acids is 2. The van der Waals surface area contributed by atoms with Crippen molar-refractivity contribution in [2.24, 2.45) is 0 Å². The number of hydrogen-bond acceptors (Lipinski definition) is 8. The molecule has 8 nitrogen and oxygen atoms in total. The summed E-state index contributed by atoms with van der Waals surface area (Å²) >= 11 is 2.13. The van der Waals surface area contributed by atoms with Crippen LogP contribution in [0.15, 0.2) is 23.6 Å². The third-order valence-electron chi connectivity index (χ3n) is 3.59. The first-order chi connectivity index (χ1) is 13.4. The van der Waals surface area contributed by atoms with Gasteiger partial charge < -0.3 is 24.6 Å². The lowest BCUT2D eigenvalue weighted by molar-refractivity contribution is -0.133. The Morgan fingerprint density at radius 2 is 1.86 bits per heavy atom. The zero-order valence-corrected chi connectivity index (χ0v) is 17.1. The molecule has 0 radical (unpaired) electrons. The second kappa shape index (κ2) is 10.00. The lowest BCUT2D eigenvalue weighted by atomic mass is 10.0. The van der Waals surface area contributed by atoms with Gasteiger partial charge in [-0.25, -0.2) is 4.79 Å². The molecule has 1 heterocycles. The van der Waals surface area contributed by atoms with Crippen LogP contribution in [0.25, 0.3) is 11.1 Å². The molecule has 1 aromatic heterocycles. The summed E-state index contributed by atoms with van der Waals surface area (Å²) in [5.41, 5.74) is 1.39. The van der Waals surface area contributed by atoms with Gasteiger partial charge in [0.25, 0.3) is 0 Å². The Kier molecular flexibility index (Phi) is 7.70. The van der Waals surface area contributed by atoms with Crippen LogP contribution < -0.4 is 14.8 Å². The number of carbonyl (C=O) groups is 3. The quantitative estimate of drug-likeness (QED) is 0.590. The van der Waals surface area contributed by atoms with Crippen molar-refractivity contribution >= 4 is 45.9 Å². The van der Waals surface area contributed by atoms with E-state index in [4.69, 9.17) is 19.3 Å². The average molecular weight is 425 g/mol. The summed E-state index contributed by atoms with van der Waals surface area (Å²) in [6.45, 7) is 0. The maximum Gasteiger partial charge on any atom is 0.341 e. The molecule has 150 valence electrons. The predicted octanol–water partition coefficient (Wildman–Crippen LogP) is 2.98. The number of thioether (sulfide) groups is 1. The van der Waals surface area contributed by atoms with Crippen LogP contribution in [0.4, 0.5) is 5.00 Å². The van der Waals surface area contributed by atoms with Crippen LogP contribution >= 0.6 is 23.1 Å². The van der Waals surface area contributed by atoms with Crippen LogP contribution in [-0.2, 0) is 14.3 Å². The van der Waals surface area contributed by atoms with E-state index in [1.807, 2.05) is 0 Å². The fourth-order valence-electron chi connectivity index (χ4n) is 2.37. The number of carboxylic acids is 1. The maximum absolute atomic E-state index is 12.4. The minimum atomic E-state index is -1.00. The van der Waals surface area contributed by atoms with E-state index in [-0.39, 0.29) is 17.1 Å². The normalized spacial score (nSPS) is 10.2. The highest BCUT2D eigenvalue weighted by Crippen LogP contribution is 2.41. The first kappa shape index (κ1) is 21.6.